The summed E-state index contributed by atoms with van der Waals surface area (Å²) < 4.78 is 3.03. The Bertz CT molecular complexity index is 777. The van der Waals surface area contributed by atoms with Crippen molar-refractivity contribution in [2.45, 2.75) is 13.8 Å². The summed E-state index contributed by atoms with van der Waals surface area (Å²) in [6.45, 7) is 3.64. The van der Waals surface area contributed by atoms with Crippen LogP contribution in [0.5, 0.6) is 0 Å². The fraction of sp³-hybridized carbons (Fsp3) is 0.182. The van der Waals surface area contributed by atoms with E-state index in [0.29, 0.717) is 22.6 Å². The summed E-state index contributed by atoms with van der Waals surface area (Å²) in [6.07, 6.45) is 3.34. The predicted molar refractivity (Wildman–Crippen MR) is 76.4 cm³/mol. The van der Waals surface area contributed by atoms with E-state index in [1.54, 1.807) is 18.5 Å². The van der Waals surface area contributed by atoms with Gasteiger partial charge in [-0.15, -0.1) is 0 Å². The minimum atomic E-state index is 0.203. The van der Waals surface area contributed by atoms with E-state index < -0.39 is 0 Å². The molecule has 0 spiro atoms. The summed E-state index contributed by atoms with van der Waals surface area (Å²) in [6, 6.07) is 1.76. The molecule has 0 fully saturated rings. The van der Waals surface area contributed by atoms with Crippen LogP contribution in [0, 0.1) is 13.8 Å². The van der Waals surface area contributed by atoms with Crippen LogP contribution >= 0.6 is 11.6 Å². The number of aryl methyl sites for hydroxylation is 1. The molecule has 0 atom stereocenters. The van der Waals surface area contributed by atoms with Crippen LogP contribution in [0.3, 0.4) is 0 Å². The number of aromatic nitrogens is 7. The van der Waals surface area contributed by atoms with Crippen molar-refractivity contribution in [1.29, 1.82) is 0 Å². The molecule has 21 heavy (non-hydrogen) atoms. The maximum Gasteiger partial charge on any atom is 0.257 e. The van der Waals surface area contributed by atoms with E-state index >= 15 is 0 Å². The monoisotopic (exact) mass is 305 g/mol. The zero-order chi connectivity index (χ0) is 15.0. The minimum absolute atomic E-state index is 0.203. The Morgan fingerprint density at radius 3 is 2.52 bits per heavy atom. The van der Waals surface area contributed by atoms with Crippen molar-refractivity contribution in [3.8, 4) is 11.9 Å². The van der Waals surface area contributed by atoms with Gasteiger partial charge in [0.25, 0.3) is 11.9 Å². The van der Waals surface area contributed by atoms with Gasteiger partial charge < -0.3 is 0 Å². The third kappa shape index (κ3) is 2.32. The maximum absolute atomic E-state index is 6.15. The lowest BCUT2D eigenvalue weighted by atomic mass is 10.4. The van der Waals surface area contributed by atoms with E-state index in [1.807, 2.05) is 13.8 Å². The summed E-state index contributed by atoms with van der Waals surface area (Å²) in [7, 11) is 0. The first-order chi connectivity index (χ1) is 10.1. The van der Waals surface area contributed by atoms with E-state index in [9.17, 15) is 0 Å². The van der Waals surface area contributed by atoms with Crippen LogP contribution in [0.15, 0.2) is 18.5 Å². The van der Waals surface area contributed by atoms with Gasteiger partial charge in [-0.25, -0.2) is 15.2 Å². The van der Waals surface area contributed by atoms with Gasteiger partial charge >= 0.3 is 0 Å². The molecule has 0 amide bonds. The second-order valence-electron chi connectivity index (χ2n) is 4.25. The van der Waals surface area contributed by atoms with Gasteiger partial charge in [0.2, 0.25) is 5.95 Å². The van der Waals surface area contributed by atoms with Crippen molar-refractivity contribution < 1.29 is 0 Å². The number of nitrogen functional groups attached to an aromatic ring is 1. The van der Waals surface area contributed by atoms with Crippen LogP contribution in [-0.2, 0) is 0 Å². The van der Waals surface area contributed by atoms with Crippen molar-refractivity contribution in [1.82, 2.24) is 34.5 Å². The van der Waals surface area contributed by atoms with E-state index in [-0.39, 0.29) is 5.95 Å². The third-order valence-electron chi connectivity index (χ3n) is 2.84. The Morgan fingerprint density at radius 2 is 1.95 bits per heavy atom. The van der Waals surface area contributed by atoms with Crippen LogP contribution in [0.2, 0.25) is 5.02 Å². The van der Waals surface area contributed by atoms with Gasteiger partial charge in [-0.05, 0) is 19.9 Å². The van der Waals surface area contributed by atoms with Crippen LogP contribution in [0.25, 0.3) is 11.9 Å². The van der Waals surface area contributed by atoms with Crippen molar-refractivity contribution in [2.75, 3.05) is 5.43 Å². The average molecular weight is 306 g/mol. The number of hydrazine groups is 1. The first kappa shape index (κ1) is 13.5. The summed E-state index contributed by atoms with van der Waals surface area (Å²) in [5, 5.41) is 8.96. The fourth-order valence-electron chi connectivity index (χ4n) is 1.82. The number of hydrogen-bond acceptors (Lipinski definition) is 7. The highest BCUT2D eigenvalue weighted by Gasteiger charge is 2.15. The Kier molecular flexibility index (Phi) is 3.28. The Hall–Kier alpha value is -2.52. The molecule has 0 bridgehead atoms. The maximum atomic E-state index is 6.15. The van der Waals surface area contributed by atoms with E-state index in [1.165, 1.54) is 9.36 Å². The lowest BCUT2D eigenvalue weighted by molar-refractivity contribution is 0.730. The smallest absolute Gasteiger partial charge is 0.257 e. The van der Waals surface area contributed by atoms with E-state index in [4.69, 9.17) is 17.4 Å². The van der Waals surface area contributed by atoms with Crippen molar-refractivity contribution in [2.24, 2.45) is 5.84 Å². The zero-order valence-corrected chi connectivity index (χ0v) is 12.1. The molecule has 0 unspecified atom stereocenters. The van der Waals surface area contributed by atoms with Crippen molar-refractivity contribution >= 4 is 17.5 Å². The molecule has 108 valence electrons. The molecular formula is C11H12ClN9. The van der Waals surface area contributed by atoms with Crippen LogP contribution in [0.4, 0.5) is 5.95 Å². The first-order valence-electron chi connectivity index (χ1n) is 6.05. The molecule has 0 saturated carbocycles. The average Bonchev–Trinajstić information content (AvgIpc) is 3.12. The largest absolute Gasteiger partial charge is 0.292 e. The van der Waals surface area contributed by atoms with Gasteiger partial charge in [0.05, 0.1) is 16.4 Å². The van der Waals surface area contributed by atoms with Gasteiger partial charge in [0.1, 0.15) is 0 Å². The van der Waals surface area contributed by atoms with Gasteiger partial charge in [-0.2, -0.15) is 25.1 Å². The van der Waals surface area contributed by atoms with Crippen molar-refractivity contribution in [3.63, 3.8) is 0 Å². The van der Waals surface area contributed by atoms with Gasteiger partial charge in [0.15, 0.2) is 0 Å². The lowest BCUT2D eigenvalue weighted by Gasteiger charge is -2.07. The number of nitrogens with zero attached hydrogens (tertiary/aromatic N) is 7. The highest BCUT2D eigenvalue weighted by atomic mass is 35.5. The SMILES string of the molecule is Cc1nn(-c2nc(NN)nc(-n3cccn3)n2)c(C)c1Cl. The second-order valence-corrected chi connectivity index (χ2v) is 4.63. The molecule has 3 rings (SSSR count). The Balaban J connectivity index is 2.18. The van der Waals surface area contributed by atoms with Crippen LogP contribution in [0.1, 0.15) is 11.4 Å². The molecule has 3 N–H and O–H groups in total. The zero-order valence-electron chi connectivity index (χ0n) is 11.3. The standard InChI is InChI=1S/C11H12ClN9/c1-6-8(12)7(2)21(19-6)11-16-9(18-13)15-10(17-11)20-5-3-4-14-20/h3-5H,13H2,1-2H3,(H,15,16,17,18). The third-order valence-corrected chi connectivity index (χ3v) is 3.39. The summed E-state index contributed by atoms with van der Waals surface area (Å²) >= 11 is 6.15. The molecule has 0 radical (unpaired) electrons. The summed E-state index contributed by atoms with van der Waals surface area (Å²) in [5.41, 5.74) is 3.83. The molecule has 10 heteroatoms. The summed E-state index contributed by atoms with van der Waals surface area (Å²) in [4.78, 5) is 12.7. The van der Waals surface area contributed by atoms with Crippen LogP contribution < -0.4 is 11.3 Å². The van der Waals surface area contributed by atoms with E-state index in [2.05, 4.69) is 30.6 Å². The number of anilines is 1. The normalized spacial score (nSPS) is 10.9. The van der Waals surface area contributed by atoms with Gasteiger partial charge in [-0.3, -0.25) is 5.43 Å². The van der Waals surface area contributed by atoms with Crippen molar-refractivity contribution in [3.05, 3.63) is 34.9 Å². The highest BCUT2D eigenvalue weighted by molar-refractivity contribution is 6.31. The predicted octanol–water partition coefficient (Wildman–Crippen LogP) is 0.799. The molecule has 0 aromatic carbocycles. The number of nitrogens with one attached hydrogen (secondary N) is 1. The quantitative estimate of drug-likeness (QED) is 0.543. The first-order valence-corrected chi connectivity index (χ1v) is 6.42. The Morgan fingerprint density at radius 1 is 1.19 bits per heavy atom. The minimum Gasteiger partial charge on any atom is -0.292 e. The summed E-state index contributed by atoms with van der Waals surface area (Å²) in [5.74, 6) is 6.23. The number of nitrogens with two attached hydrogens (primary N) is 1. The molecule has 0 aliphatic rings. The molecule has 0 aliphatic carbocycles. The Labute approximate surface area is 124 Å². The molecule has 3 aromatic rings. The number of halogens is 1. The molecule has 3 heterocycles. The molecule has 0 saturated heterocycles. The van der Waals surface area contributed by atoms with Gasteiger partial charge in [0, 0.05) is 12.4 Å². The lowest BCUT2D eigenvalue weighted by Crippen LogP contribution is -2.17. The molecule has 0 aliphatic heterocycles. The number of rotatable bonds is 3. The fourth-order valence-corrected chi connectivity index (χ4v) is 1.94. The molecule has 3 aromatic heterocycles. The highest BCUT2D eigenvalue weighted by Crippen LogP contribution is 2.21. The van der Waals surface area contributed by atoms with Gasteiger partial charge in [-0.1, -0.05) is 11.6 Å². The number of hydrogen-bond donors (Lipinski definition) is 2. The topological polar surface area (TPSA) is 112 Å². The van der Waals surface area contributed by atoms with E-state index in [0.717, 1.165) is 5.69 Å². The second kappa shape index (κ2) is 5.11. The molecule has 9 nitrogen and oxygen atoms in total. The van der Waals surface area contributed by atoms with Crippen LogP contribution in [-0.4, -0.2) is 34.5 Å². The molecular weight excluding hydrogens is 294 g/mol.